The maximum absolute atomic E-state index is 11.7. The van der Waals surface area contributed by atoms with Crippen molar-refractivity contribution in [3.05, 3.63) is 51.6 Å². The number of rotatable bonds is 2. The summed E-state index contributed by atoms with van der Waals surface area (Å²) in [5.74, 6) is 1.00. The van der Waals surface area contributed by atoms with E-state index < -0.39 is 5.97 Å². The van der Waals surface area contributed by atoms with Gasteiger partial charge in [-0.1, -0.05) is 30.4 Å². The molecule has 1 aliphatic heterocycles. The molecule has 0 saturated carbocycles. The Balaban J connectivity index is 1.96. The second-order valence-corrected chi connectivity index (χ2v) is 5.22. The summed E-state index contributed by atoms with van der Waals surface area (Å²) in [6, 6.07) is 7.87. The minimum Gasteiger partial charge on any atom is -0.482 e. The predicted molar refractivity (Wildman–Crippen MR) is 79.0 cm³/mol. The summed E-state index contributed by atoms with van der Waals surface area (Å²) in [5, 5.41) is 0. The number of aromatic amines is 1. The molecule has 1 unspecified atom stereocenters. The first-order valence-corrected chi connectivity index (χ1v) is 6.94. The van der Waals surface area contributed by atoms with Crippen LogP contribution in [0.15, 0.2) is 24.3 Å². The molecule has 5 nitrogen and oxygen atoms in total. The van der Waals surface area contributed by atoms with Gasteiger partial charge in [-0.05, 0) is 18.6 Å². The van der Waals surface area contributed by atoms with E-state index in [1.54, 1.807) is 6.92 Å². The van der Waals surface area contributed by atoms with Crippen molar-refractivity contribution in [3.8, 4) is 5.75 Å². The van der Waals surface area contributed by atoms with Crippen LogP contribution >= 0.6 is 12.2 Å². The molecule has 21 heavy (non-hydrogen) atoms. The largest absolute Gasteiger partial charge is 0.482 e. The van der Waals surface area contributed by atoms with Crippen molar-refractivity contribution in [3.63, 3.8) is 0 Å². The van der Waals surface area contributed by atoms with Gasteiger partial charge in [0.25, 0.3) is 0 Å². The SMILES string of the molecule is COC(=O)c1c(C)[nH]c(C2Cc3ccccc3O2)nc1=S. The van der Waals surface area contributed by atoms with Gasteiger partial charge in [0.1, 0.15) is 21.8 Å². The van der Waals surface area contributed by atoms with E-state index in [1.165, 1.54) is 7.11 Å². The van der Waals surface area contributed by atoms with Crippen LogP contribution in [-0.2, 0) is 11.2 Å². The average Bonchev–Trinajstić information content (AvgIpc) is 2.90. The Bertz CT molecular complexity index is 745. The Morgan fingerprint density at radius 3 is 2.90 bits per heavy atom. The molecule has 0 spiro atoms. The predicted octanol–water partition coefficient (Wildman–Crippen LogP) is 2.91. The first kappa shape index (κ1) is 13.8. The first-order chi connectivity index (χ1) is 10.1. The van der Waals surface area contributed by atoms with Crippen LogP contribution in [0.3, 0.4) is 0 Å². The molecule has 1 aromatic carbocycles. The normalized spacial score (nSPS) is 16.2. The number of H-pyrrole nitrogens is 1. The van der Waals surface area contributed by atoms with E-state index in [0.29, 0.717) is 17.1 Å². The van der Waals surface area contributed by atoms with Gasteiger partial charge in [-0.3, -0.25) is 0 Å². The molecule has 1 atom stereocenters. The second kappa shape index (κ2) is 5.29. The summed E-state index contributed by atoms with van der Waals surface area (Å²) in [6.07, 6.45) is 0.514. The number of ether oxygens (including phenoxy) is 2. The summed E-state index contributed by atoms with van der Waals surface area (Å²) in [6.45, 7) is 1.77. The van der Waals surface area contributed by atoms with Crippen LogP contribution in [0.1, 0.15) is 33.5 Å². The van der Waals surface area contributed by atoms with Crippen molar-refractivity contribution < 1.29 is 14.3 Å². The fourth-order valence-electron chi connectivity index (χ4n) is 2.44. The maximum Gasteiger partial charge on any atom is 0.342 e. The van der Waals surface area contributed by atoms with E-state index >= 15 is 0 Å². The van der Waals surface area contributed by atoms with Gasteiger partial charge in [0, 0.05) is 12.1 Å². The molecular formula is C15H14N2O3S. The number of carbonyl (C=O) groups excluding carboxylic acids is 1. The highest BCUT2D eigenvalue weighted by Gasteiger charge is 2.27. The number of benzene rings is 1. The van der Waals surface area contributed by atoms with E-state index in [4.69, 9.17) is 21.7 Å². The lowest BCUT2D eigenvalue weighted by molar-refractivity contribution is 0.0597. The molecule has 1 N–H and O–H groups in total. The number of esters is 1. The highest BCUT2D eigenvalue weighted by atomic mass is 32.1. The zero-order valence-electron chi connectivity index (χ0n) is 11.7. The molecule has 108 valence electrons. The van der Waals surface area contributed by atoms with Crippen LogP contribution in [0.5, 0.6) is 5.75 Å². The van der Waals surface area contributed by atoms with Gasteiger partial charge in [-0.25, -0.2) is 9.78 Å². The summed E-state index contributed by atoms with van der Waals surface area (Å²) in [7, 11) is 1.32. The number of hydrogen-bond acceptors (Lipinski definition) is 5. The molecule has 1 aromatic heterocycles. The Morgan fingerprint density at radius 1 is 1.48 bits per heavy atom. The minimum atomic E-state index is -0.483. The fraction of sp³-hybridized carbons (Fsp3) is 0.267. The van der Waals surface area contributed by atoms with Crippen molar-refractivity contribution in [1.82, 2.24) is 9.97 Å². The van der Waals surface area contributed by atoms with Crippen molar-refractivity contribution in [2.24, 2.45) is 0 Å². The lowest BCUT2D eigenvalue weighted by Gasteiger charge is -2.12. The van der Waals surface area contributed by atoms with E-state index in [1.807, 2.05) is 24.3 Å². The molecule has 0 fully saturated rings. The summed E-state index contributed by atoms with van der Waals surface area (Å²) in [5.41, 5.74) is 2.07. The minimum absolute atomic E-state index is 0.213. The number of fused-ring (bicyclic) bond motifs is 1. The van der Waals surface area contributed by atoms with Crippen LogP contribution < -0.4 is 4.74 Å². The van der Waals surface area contributed by atoms with Gasteiger partial charge in [0.05, 0.1) is 7.11 Å². The van der Waals surface area contributed by atoms with Gasteiger partial charge in [-0.2, -0.15) is 0 Å². The third-order valence-electron chi connectivity index (χ3n) is 3.47. The molecule has 3 rings (SSSR count). The van der Waals surface area contributed by atoms with Crippen molar-refractivity contribution in [1.29, 1.82) is 0 Å². The third-order valence-corrected chi connectivity index (χ3v) is 3.76. The monoisotopic (exact) mass is 302 g/mol. The molecular weight excluding hydrogens is 288 g/mol. The highest BCUT2D eigenvalue weighted by molar-refractivity contribution is 7.71. The highest BCUT2D eigenvalue weighted by Crippen LogP contribution is 2.35. The fourth-order valence-corrected chi connectivity index (χ4v) is 2.77. The number of hydrogen-bond donors (Lipinski definition) is 1. The molecule has 0 bridgehead atoms. The van der Waals surface area contributed by atoms with E-state index in [2.05, 4.69) is 9.97 Å². The molecule has 0 aliphatic carbocycles. The quantitative estimate of drug-likeness (QED) is 0.682. The van der Waals surface area contributed by atoms with Gasteiger partial charge in [0.15, 0.2) is 6.10 Å². The van der Waals surface area contributed by atoms with Crippen LogP contribution in [0.25, 0.3) is 0 Å². The van der Waals surface area contributed by atoms with Gasteiger partial charge in [-0.15, -0.1) is 0 Å². The zero-order chi connectivity index (χ0) is 15.0. The number of para-hydroxylation sites is 1. The number of aromatic nitrogens is 2. The molecule has 0 radical (unpaired) electrons. The number of methoxy groups -OCH3 is 1. The number of nitrogens with one attached hydrogen (secondary N) is 1. The molecule has 2 heterocycles. The van der Waals surface area contributed by atoms with Crippen molar-refractivity contribution in [2.45, 2.75) is 19.4 Å². The second-order valence-electron chi connectivity index (χ2n) is 4.84. The smallest absolute Gasteiger partial charge is 0.342 e. The lowest BCUT2D eigenvalue weighted by atomic mass is 10.1. The topological polar surface area (TPSA) is 64.2 Å². The van der Waals surface area contributed by atoms with Crippen molar-refractivity contribution in [2.75, 3.05) is 7.11 Å². The lowest BCUT2D eigenvalue weighted by Crippen LogP contribution is -2.14. The Morgan fingerprint density at radius 2 is 2.24 bits per heavy atom. The summed E-state index contributed by atoms with van der Waals surface area (Å²) >= 11 is 5.20. The zero-order valence-corrected chi connectivity index (χ0v) is 12.5. The number of carbonyl (C=O) groups is 1. The van der Waals surface area contributed by atoms with Crippen LogP contribution in [-0.4, -0.2) is 23.0 Å². The van der Waals surface area contributed by atoms with Crippen molar-refractivity contribution >= 4 is 18.2 Å². The molecule has 0 saturated heterocycles. The Labute approximate surface area is 126 Å². The standard InChI is InChI=1S/C15H14N2O3S/c1-8-12(15(18)19-2)14(21)17-13(16-8)11-7-9-5-3-4-6-10(9)20-11/h3-6,11H,7H2,1-2H3,(H,16,17,21). The molecule has 1 aliphatic rings. The number of nitrogens with zero attached hydrogens (tertiary/aromatic N) is 1. The van der Waals surface area contributed by atoms with Gasteiger partial charge in [0.2, 0.25) is 0 Å². The van der Waals surface area contributed by atoms with E-state index in [0.717, 1.165) is 17.7 Å². The van der Waals surface area contributed by atoms with E-state index in [9.17, 15) is 4.79 Å². The average molecular weight is 302 g/mol. The maximum atomic E-state index is 11.7. The Kier molecular flexibility index (Phi) is 3.47. The number of aryl methyl sites for hydroxylation is 1. The van der Waals surface area contributed by atoms with Gasteiger partial charge >= 0.3 is 5.97 Å². The molecule has 2 aromatic rings. The molecule has 6 heteroatoms. The molecule has 0 amide bonds. The third kappa shape index (κ3) is 2.42. The first-order valence-electron chi connectivity index (χ1n) is 6.54. The van der Waals surface area contributed by atoms with Crippen LogP contribution in [0.4, 0.5) is 0 Å². The van der Waals surface area contributed by atoms with Crippen LogP contribution in [0.2, 0.25) is 0 Å². The van der Waals surface area contributed by atoms with E-state index in [-0.39, 0.29) is 10.7 Å². The van der Waals surface area contributed by atoms with Crippen LogP contribution in [0, 0.1) is 11.6 Å². The summed E-state index contributed by atoms with van der Waals surface area (Å²) in [4.78, 5) is 19.1. The summed E-state index contributed by atoms with van der Waals surface area (Å²) < 4.78 is 10.8. The van der Waals surface area contributed by atoms with Gasteiger partial charge < -0.3 is 14.5 Å². The Hall–Kier alpha value is -2.21.